The average molecular weight is 461 g/mol. The number of carbonyl (C=O) groups excluding carboxylic acids is 1. The maximum Gasteiger partial charge on any atom is 0.340 e. The summed E-state index contributed by atoms with van der Waals surface area (Å²) in [6, 6.07) is 5.45. The number of anilines is 2. The number of carbonyl (C=O) groups is 1. The predicted molar refractivity (Wildman–Crippen MR) is 126 cm³/mol. The number of hydrogen-bond acceptors (Lipinski definition) is 8. The maximum absolute atomic E-state index is 12.4. The zero-order chi connectivity index (χ0) is 23.7. The van der Waals surface area contributed by atoms with Gasteiger partial charge in [0.2, 0.25) is 5.88 Å². The number of rotatable bonds is 6. The van der Waals surface area contributed by atoms with Crippen molar-refractivity contribution < 1.29 is 19.4 Å². The molecule has 2 fully saturated rings. The fraction of sp³-hybridized carbons (Fsp3) is 0.462. The Balaban J connectivity index is 1.40. The summed E-state index contributed by atoms with van der Waals surface area (Å²) in [7, 11) is 0. The van der Waals surface area contributed by atoms with Gasteiger partial charge < -0.3 is 19.9 Å². The predicted octanol–water partition coefficient (Wildman–Crippen LogP) is 4.52. The maximum atomic E-state index is 12.4. The van der Waals surface area contributed by atoms with E-state index in [2.05, 4.69) is 15.3 Å². The number of pyridine rings is 3. The van der Waals surface area contributed by atoms with Crippen LogP contribution in [0.15, 0.2) is 30.6 Å². The Labute approximate surface area is 197 Å². The van der Waals surface area contributed by atoms with E-state index in [0.717, 1.165) is 47.7 Å². The smallest absolute Gasteiger partial charge is 0.340 e. The second-order valence-electron chi connectivity index (χ2n) is 9.96. The van der Waals surface area contributed by atoms with E-state index in [1.807, 2.05) is 19.9 Å². The molecule has 0 aromatic carbocycles. The van der Waals surface area contributed by atoms with Gasteiger partial charge in [-0.05, 0) is 69.5 Å². The van der Waals surface area contributed by atoms with Crippen molar-refractivity contribution in [3.05, 3.63) is 47.4 Å². The third-order valence-corrected chi connectivity index (χ3v) is 7.50. The third kappa shape index (κ3) is 3.39. The standard InChI is InChI=1S/C26H28N4O4/c1-4-25(3,32)19-13-28-23(34-15-5-6-15)18-12-27-21(11-17(18)19)29-20-8-7-16-22(30-20)26(9-10-26)14(2)33-24(16)31/h7-8,11-15,32H,4-6,9-10H2,1-3H3,(H,27,29,30)/t14-,25-/m0/s1. The number of hydrogen-bond donors (Lipinski definition) is 2. The molecule has 8 heteroatoms. The number of fused-ring (bicyclic) bond motifs is 3. The third-order valence-electron chi connectivity index (χ3n) is 7.50. The molecule has 8 nitrogen and oxygen atoms in total. The largest absolute Gasteiger partial charge is 0.474 e. The summed E-state index contributed by atoms with van der Waals surface area (Å²) in [4.78, 5) is 26.3. The Hall–Kier alpha value is -3.26. The first-order valence-corrected chi connectivity index (χ1v) is 12.0. The summed E-state index contributed by atoms with van der Waals surface area (Å²) in [6.07, 6.45) is 7.99. The zero-order valence-corrected chi connectivity index (χ0v) is 19.6. The van der Waals surface area contributed by atoms with Crippen LogP contribution in [0.2, 0.25) is 0 Å². The van der Waals surface area contributed by atoms with Gasteiger partial charge in [-0.1, -0.05) is 6.92 Å². The van der Waals surface area contributed by atoms with E-state index in [0.29, 0.717) is 29.5 Å². The van der Waals surface area contributed by atoms with Crippen LogP contribution in [0.5, 0.6) is 5.88 Å². The molecule has 34 heavy (non-hydrogen) atoms. The Morgan fingerprint density at radius 3 is 2.71 bits per heavy atom. The van der Waals surface area contributed by atoms with Crippen molar-refractivity contribution >= 4 is 28.4 Å². The summed E-state index contributed by atoms with van der Waals surface area (Å²) in [5.41, 5.74) is 0.861. The Morgan fingerprint density at radius 1 is 1.21 bits per heavy atom. The number of esters is 1. The lowest BCUT2D eigenvalue weighted by molar-refractivity contribution is 0.0183. The minimum absolute atomic E-state index is 0.175. The molecule has 2 aliphatic carbocycles. The molecule has 1 aliphatic heterocycles. The normalized spacial score (nSPS) is 22.1. The van der Waals surface area contributed by atoms with E-state index in [9.17, 15) is 9.90 Å². The summed E-state index contributed by atoms with van der Waals surface area (Å²) in [5.74, 6) is 1.44. The van der Waals surface area contributed by atoms with Crippen LogP contribution in [0.1, 0.15) is 74.5 Å². The van der Waals surface area contributed by atoms with Gasteiger partial charge in [0.05, 0.1) is 27.7 Å². The average Bonchev–Trinajstić information content (AvgIpc) is 3.74. The highest BCUT2D eigenvalue weighted by Crippen LogP contribution is 2.54. The molecule has 3 aromatic rings. The molecule has 0 amide bonds. The van der Waals surface area contributed by atoms with E-state index < -0.39 is 5.60 Å². The van der Waals surface area contributed by atoms with Crippen LogP contribution >= 0.6 is 0 Å². The molecule has 2 atom stereocenters. The number of ether oxygens (including phenoxy) is 2. The molecular formula is C26H28N4O4. The molecule has 4 heterocycles. The van der Waals surface area contributed by atoms with Crippen molar-refractivity contribution in [3.63, 3.8) is 0 Å². The fourth-order valence-corrected chi connectivity index (χ4v) is 4.75. The van der Waals surface area contributed by atoms with Gasteiger partial charge in [-0.2, -0.15) is 0 Å². The van der Waals surface area contributed by atoms with Gasteiger partial charge in [0, 0.05) is 18.0 Å². The summed E-state index contributed by atoms with van der Waals surface area (Å²) >= 11 is 0. The minimum atomic E-state index is -1.04. The highest BCUT2D eigenvalue weighted by atomic mass is 16.5. The molecule has 176 valence electrons. The number of aromatic nitrogens is 3. The molecule has 1 spiro atoms. The van der Waals surface area contributed by atoms with E-state index in [4.69, 9.17) is 14.5 Å². The van der Waals surface area contributed by atoms with E-state index in [1.54, 1.807) is 31.5 Å². The second kappa shape index (κ2) is 7.37. The van der Waals surface area contributed by atoms with Crippen LogP contribution in [0.4, 0.5) is 11.6 Å². The first-order chi connectivity index (χ1) is 16.3. The lowest BCUT2D eigenvalue weighted by Crippen LogP contribution is -2.36. The van der Waals surface area contributed by atoms with Gasteiger partial charge in [-0.3, -0.25) is 0 Å². The number of nitrogens with one attached hydrogen (secondary N) is 1. The molecule has 2 saturated carbocycles. The Kier molecular flexibility index (Phi) is 4.61. The van der Waals surface area contributed by atoms with Gasteiger partial charge in [0.15, 0.2) is 0 Å². The van der Waals surface area contributed by atoms with Crippen LogP contribution in [0.3, 0.4) is 0 Å². The fourth-order valence-electron chi connectivity index (χ4n) is 4.75. The first-order valence-electron chi connectivity index (χ1n) is 12.0. The molecule has 0 saturated heterocycles. The number of nitrogens with zero attached hydrogens (tertiary/aromatic N) is 3. The molecule has 3 aromatic heterocycles. The molecular weight excluding hydrogens is 432 g/mol. The van der Waals surface area contributed by atoms with Gasteiger partial charge >= 0.3 is 5.97 Å². The van der Waals surface area contributed by atoms with E-state index in [1.165, 1.54) is 0 Å². The van der Waals surface area contributed by atoms with Gasteiger partial charge in [0.25, 0.3) is 0 Å². The van der Waals surface area contributed by atoms with Crippen molar-refractivity contribution in [1.82, 2.24) is 15.0 Å². The van der Waals surface area contributed by atoms with Gasteiger partial charge in [-0.25, -0.2) is 19.7 Å². The van der Waals surface area contributed by atoms with E-state index >= 15 is 0 Å². The van der Waals surface area contributed by atoms with Crippen molar-refractivity contribution in [2.45, 2.75) is 76.1 Å². The molecule has 6 rings (SSSR count). The van der Waals surface area contributed by atoms with E-state index in [-0.39, 0.29) is 23.6 Å². The van der Waals surface area contributed by atoms with Crippen LogP contribution in [0.25, 0.3) is 10.8 Å². The van der Waals surface area contributed by atoms with Crippen molar-refractivity contribution in [2.24, 2.45) is 0 Å². The quantitative estimate of drug-likeness (QED) is 0.517. The highest BCUT2D eigenvalue weighted by molar-refractivity contribution is 5.94. The molecule has 0 unspecified atom stereocenters. The Morgan fingerprint density at radius 2 is 2.00 bits per heavy atom. The number of aliphatic hydroxyl groups is 1. The second-order valence-corrected chi connectivity index (χ2v) is 9.96. The van der Waals surface area contributed by atoms with Crippen LogP contribution in [0, 0.1) is 0 Å². The van der Waals surface area contributed by atoms with Crippen molar-refractivity contribution in [1.29, 1.82) is 0 Å². The Bertz CT molecular complexity index is 1310. The SMILES string of the molecule is CC[C@](C)(O)c1cnc(OC2CC2)c2cnc(Nc3ccc4c(n3)C3(CC3)[C@H](C)OC4=O)cc12. The molecule has 2 N–H and O–H groups in total. The highest BCUT2D eigenvalue weighted by Gasteiger charge is 2.56. The summed E-state index contributed by atoms with van der Waals surface area (Å²) in [5, 5.41) is 15.9. The van der Waals surface area contributed by atoms with Crippen molar-refractivity contribution in [3.8, 4) is 5.88 Å². The first kappa shape index (κ1) is 21.3. The topological polar surface area (TPSA) is 106 Å². The van der Waals surface area contributed by atoms with Gasteiger partial charge in [-0.15, -0.1) is 0 Å². The minimum Gasteiger partial charge on any atom is -0.474 e. The molecule has 0 bridgehead atoms. The van der Waals surface area contributed by atoms with Crippen LogP contribution in [-0.2, 0) is 15.8 Å². The number of cyclic esters (lactones) is 1. The monoisotopic (exact) mass is 460 g/mol. The van der Waals surface area contributed by atoms with Gasteiger partial charge in [0.1, 0.15) is 23.8 Å². The summed E-state index contributed by atoms with van der Waals surface area (Å²) < 4.78 is 11.5. The zero-order valence-electron chi connectivity index (χ0n) is 19.6. The van der Waals surface area contributed by atoms with Crippen LogP contribution in [-0.4, -0.2) is 38.2 Å². The van der Waals surface area contributed by atoms with Crippen molar-refractivity contribution in [2.75, 3.05) is 5.32 Å². The summed E-state index contributed by atoms with van der Waals surface area (Å²) in [6.45, 7) is 5.67. The molecule has 3 aliphatic rings. The lowest BCUT2D eigenvalue weighted by atomic mass is 9.89. The lowest BCUT2D eigenvalue weighted by Gasteiger charge is -2.30. The van der Waals surface area contributed by atoms with Crippen LogP contribution < -0.4 is 10.1 Å². The molecule has 0 radical (unpaired) electrons.